The van der Waals surface area contributed by atoms with E-state index in [0.29, 0.717) is 13.2 Å². The third-order valence-electron chi connectivity index (χ3n) is 2.71. The van der Waals surface area contributed by atoms with Crippen LogP contribution in [0, 0.1) is 0 Å². The molecular formula is C15H22O5. The van der Waals surface area contributed by atoms with Crippen molar-refractivity contribution in [2.45, 2.75) is 33.0 Å². The van der Waals surface area contributed by atoms with Gasteiger partial charge < -0.3 is 19.3 Å². The SMILES string of the molecule is CCOC(=O)C(Cc1ccc(O)cc1)(OCC)OCC. The lowest BCUT2D eigenvalue weighted by Gasteiger charge is -2.30. The number of aromatic hydroxyl groups is 1. The van der Waals surface area contributed by atoms with E-state index in [9.17, 15) is 9.90 Å². The molecule has 0 spiro atoms. The first kappa shape index (κ1) is 16.5. The number of benzene rings is 1. The molecule has 1 rings (SSSR count). The Labute approximate surface area is 119 Å². The van der Waals surface area contributed by atoms with E-state index in [4.69, 9.17) is 14.2 Å². The minimum absolute atomic E-state index is 0.170. The predicted molar refractivity (Wildman–Crippen MR) is 74.4 cm³/mol. The van der Waals surface area contributed by atoms with E-state index >= 15 is 0 Å². The number of esters is 1. The van der Waals surface area contributed by atoms with Crippen molar-refractivity contribution >= 4 is 5.97 Å². The van der Waals surface area contributed by atoms with Gasteiger partial charge >= 0.3 is 5.97 Å². The van der Waals surface area contributed by atoms with Crippen molar-refractivity contribution in [1.29, 1.82) is 0 Å². The molecule has 0 saturated carbocycles. The molecule has 0 fully saturated rings. The van der Waals surface area contributed by atoms with Crippen molar-refractivity contribution in [1.82, 2.24) is 0 Å². The molecular weight excluding hydrogens is 260 g/mol. The first-order valence-corrected chi connectivity index (χ1v) is 6.81. The van der Waals surface area contributed by atoms with Gasteiger partial charge in [0.2, 0.25) is 0 Å². The Balaban J connectivity index is 3.00. The van der Waals surface area contributed by atoms with Gasteiger partial charge in [-0.2, -0.15) is 0 Å². The number of phenolic OH excluding ortho intramolecular Hbond substituents is 1. The molecule has 0 unspecified atom stereocenters. The summed E-state index contributed by atoms with van der Waals surface area (Å²) in [4.78, 5) is 12.2. The largest absolute Gasteiger partial charge is 0.508 e. The molecule has 0 aliphatic carbocycles. The second kappa shape index (κ2) is 7.87. The highest BCUT2D eigenvalue weighted by atomic mass is 16.7. The standard InChI is InChI=1S/C15H22O5/c1-4-18-14(17)15(19-5-2,20-6-3)11-12-7-9-13(16)10-8-12/h7-10,16H,4-6,11H2,1-3H3. The molecule has 0 bridgehead atoms. The van der Waals surface area contributed by atoms with Crippen molar-refractivity contribution in [3.8, 4) is 5.75 Å². The molecule has 0 saturated heterocycles. The predicted octanol–water partition coefficient (Wildman–Crippen LogP) is 2.27. The summed E-state index contributed by atoms with van der Waals surface area (Å²) in [5.74, 6) is -1.80. The summed E-state index contributed by atoms with van der Waals surface area (Å²) in [5, 5.41) is 9.30. The number of hydrogen-bond donors (Lipinski definition) is 1. The monoisotopic (exact) mass is 282 g/mol. The lowest BCUT2D eigenvalue weighted by molar-refractivity contribution is -0.245. The minimum atomic E-state index is -1.43. The molecule has 0 heterocycles. The van der Waals surface area contributed by atoms with E-state index in [1.54, 1.807) is 45.0 Å². The summed E-state index contributed by atoms with van der Waals surface area (Å²) in [7, 11) is 0. The zero-order chi connectivity index (χ0) is 15.0. The molecule has 5 heteroatoms. The van der Waals surface area contributed by atoms with Gasteiger partial charge in [0, 0.05) is 19.6 Å². The Hall–Kier alpha value is -1.59. The summed E-state index contributed by atoms with van der Waals surface area (Å²) in [6.45, 7) is 6.25. The Morgan fingerprint density at radius 3 is 2.05 bits per heavy atom. The maximum atomic E-state index is 12.2. The van der Waals surface area contributed by atoms with Crippen LogP contribution in [0.2, 0.25) is 0 Å². The van der Waals surface area contributed by atoms with Crippen LogP contribution in [0.4, 0.5) is 0 Å². The fourth-order valence-electron chi connectivity index (χ4n) is 1.92. The van der Waals surface area contributed by atoms with E-state index in [2.05, 4.69) is 0 Å². The van der Waals surface area contributed by atoms with Crippen molar-refractivity contribution in [2.24, 2.45) is 0 Å². The van der Waals surface area contributed by atoms with Crippen LogP contribution in [-0.2, 0) is 25.4 Å². The Bertz CT molecular complexity index is 407. The smallest absolute Gasteiger partial charge is 0.367 e. The van der Waals surface area contributed by atoms with Crippen LogP contribution in [0.25, 0.3) is 0 Å². The van der Waals surface area contributed by atoms with Gasteiger partial charge in [-0.15, -0.1) is 0 Å². The average Bonchev–Trinajstić information content (AvgIpc) is 2.42. The maximum Gasteiger partial charge on any atom is 0.367 e. The van der Waals surface area contributed by atoms with Crippen LogP contribution in [0.1, 0.15) is 26.3 Å². The summed E-state index contributed by atoms with van der Waals surface area (Å²) in [6, 6.07) is 6.56. The Morgan fingerprint density at radius 1 is 1.05 bits per heavy atom. The maximum absolute atomic E-state index is 12.2. The van der Waals surface area contributed by atoms with Crippen LogP contribution in [0.15, 0.2) is 24.3 Å². The number of rotatable bonds is 8. The van der Waals surface area contributed by atoms with Gasteiger partial charge in [0.15, 0.2) is 0 Å². The van der Waals surface area contributed by atoms with Crippen LogP contribution in [0.5, 0.6) is 5.75 Å². The second-order valence-electron chi connectivity index (χ2n) is 4.18. The van der Waals surface area contributed by atoms with Gasteiger partial charge in [-0.25, -0.2) is 4.79 Å². The topological polar surface area (TPSA) is 65.0 Å². The number of carbonyl (C=O) groups is 1. The first-order chi connectivity index (χ1) is 9.57. The second-order valence-corrected chi connectivity index (χ2v) is 4.18. The Morgan fingerprint density at radius 2 is 1.60 bits per heavy atom. The van der Waals surface area contributed by atoms with E-state index < -0.39 is 11.8 Å². The van der Waals surface area contributed by atoms with Crippen LogP contribution < -0.4 is 0 Å². The van der Waals surface area contributed by atoms with Gasteiger partial charge in [0.05, 0.1) is 6.61 Å². The minimum Gasteiger partial charge on any atom is -0.508 e. The van der Waals surface area contributed by atoms with E-state index in [1.807, 2.05) is 0 Å². The molecule has 0 amide bonds. The van der Waals surface area contributed by atoms with Gasteiger partial charge in [-0.1, -0.05) is 12.1 Å². The van der Waals surface area contributed by atoms with Crippen molar-refractivity contribution in [3.05, 3.63) is 29.8 Å². The molecule has 1 N–H and O–H groups in total. The normalized spacial score (nSPS) is 11.3. The third-order valence-corrected chi connectivity index (χ3v) is 2.71. The summed E-state index contributed by atoms with van der Waals surface area (Å²) < 4.78 is 16.2. The highest BCUT2D eigenvalue weighted by Gasteiger charge is 2.42. The number of ether oxygens (including phenoxy) is 3. The fourth-order valence-corrected chi connectivity index (χ4v) is 1.92. The quantitative estimate of drug-likeness (QED) is 0.585. The van der Waals surface area contributed by atoms with Crippen LogP contribution in [-0.4, -0.2) is 36.7 Å². The van der Waals surface area contributed by atoms with E-state index in [0.717, 1.165) is 5.56 Å². The molecule has 112 valence electrons. The van der Waals surface area contributed by atoms with Gasteiger partial charge in [0.25, 0.3) is 5.79 Å². The van der Waals surface area contributed by atoms with Crippen LogP contribution in [0.3, 0.4) is 0 Å². The molecule has 0 atom stereocenters. The zero-order valence-electron chi connectivity index (χ0n) is 12.2. The zero-order valence-corrected chi connectivity index (χ0v) is 12.2. The molecule has 20 heavy (non-hydrogen) atoms. The number of phenols is 1. The highest BCUT2D eigenvalue weighted by Crippen LogP contribution is 2.23. The van der Waals surface area contributed by atoms with Crippen LogP contribution >= 0.6 is 0 Å². The number of hydrogen-bond acceptors (Lipinski definition) is 5. The summed E-state index contributed by atoms with van der Waals surface area (Å²) in [5.41, 5.74) is 0.817. The van der Waals surface area contributed by atoms with Gasteiger partial charge in [0.1, 0.15) is 5.75 Å². The molecule has 5 nitrogen and oxygen atoms in total. The summed E-state index contributed by atoms with van der Waals surface area (Å²) >= 11 is 0. The molecule has 0 aliphatic rings. The first-order valence-electron chi connectivity index (χ1n) is 6.81. The van der Waals surface area contributed by atoms with E-state index in [1.165, 1.54) is 0 Å². The Kier molecular flexibility index (Phi) is 6.48. The molecule has 1 aromatic carbocycles. The lowest BCUT2D eigenvalue weighted by Crippen LogP contribution is -2.47. The van der Waals surface area contributed by atoms with Gasteiger partial charge in [-0.05, 0) is 38.5 Å². The van der Waals surface area contributed by atoms with Crippen molar-refractivity contribution in [2.75, 3.05) is 19.8 Å². The molecule has 1 aromatic rings. The molecule has 0 aliphatic heterocycles. The van der Waals surface area contributed by atoms with E-state index in [-0.39, 0.29) is 18.8 Å². The molecule has 0 radical (unpaired) electrons. The average molecular weight is 282 g/mol. The highest BCUT2D eigenvalue weighted by molar-refractivity contribution is 5.78. The van der Waals surface area contributed by atoms with Gasteiger partial charge in [-0.3, -0.25) is 0 Å². The summed E-state index contributed by atoms with van der Waals surface area (Å²) in [6.07, 6.45) is 0.230. The van der Waals surface area contributed by atoms with Crippen molar-refractivity contribution in [3.63, 3.8) is 0 Å². The number of carbonyl (C=O) groups excluding carboxylic acids is 1. The van der Waals surface area contributed by atoms with Crippen molar-refractivity contribution < 1.29 is 24.1 Å². The molecule has 0 aromatic heterocycles. The third kappa shape index (κ3) is 4.21. The fraction of sp³-hybridized carbons (Fsp3) is 0.533. The lowest BCUT2D eigenvalue weighted by atomic mass is 10.0.